The summed E-state index contributed by atoms with van der Waals surface area (Å²) < 4.78 is 5.40. The summed E-state index contributed by atoms with van der Waals surface area (Å²) in [5.41, 5.74) is 0.370. The lowest BCUT2D eigenvalue weighted by molar-refractivity contribution is -0.124. The van der Waals surface area contributed by atoms with Crippen LogP contribution in [-0.2, 0) is 16.0 Å². The normalized spacial score (nSPS) is 23.6. The molecule has 2 rings (SSSR count). The van der Waals surface area contributed by atoms with Gasteiger partial charge in [-0.25, -0.2) is 0 Å². The van der Waals surface area contributed by atoms with Crippen molar-refractivity contribution in [2.45, 2.75) is 31.7 Å². The van der Waals surface area contributed by atoms with Crippen LogP contribution in [-0.4, -0.2) is 29.8 Å². The molecule has 2 N–H and O–H groups in total. The number of amides is 1. The summed E-state index contributed by atoms with van der Waals surface area (Å²) in [4.78, 5) is 12.0. The molecule has 1 aliphatic rings. The van der Waals surface area contributed by atoms with Crippen LogP contribution in [0.3, 0.4) is 0 Å². The highest BCUT2D eigenvalue weighted by Gasteiger charge is 2.29. The van der Waals surface area contributed by atoms with Crippen LogP contribution in [0, 0.1) is 0 Å². The molecule has 0 bridgehead atoms. The minimum absolute atomic E-state index is 0.0792. The number of benzene rings is 1. The maximum Gasteiger partial charge on any atom is 0.225 e. The van der Waals surface area contributed by atoms with Gasteiger partial charge in [-0.3, -0.25) is 4.79 Å². The molecule has 18 heavy (non-hydrogen) atoms. The largest absolute Gasteiger partial charge is 0.508 e. The van der Waals surface area contributed by atoms with E-state index in [1.165, 1.54) is 0 Å². The van der Waals surface area contributed by atoms with Crippen LogP contribution < -0.4 is 5.32 Å². The van der Waals surface area contributed by atoms with E-state index in [1.54, 1.807) is 18.2 Å². The summed E-state index contributed by atoms with van der Waals surface area (Å²) in [6.07, 6.45) is 2.09. The quantitative estimate of drug-likeness (QED) is 0.855. The zero-order valence-electron chi connectivity index (χ0n) is 10.6. The SMILES string of the molecule is CC1(NC(=O)Cc2ccccc2O)CCCOC1. The number of hydrogen-bond donors (Lipinski definition) is 2. The second-order valence-corrected chi connectivity index (χ2v) is 5.07. The number of carbonyl (C=O) groups excluding carboxylic acids is 1. The first kappa shape index (κ1) is 12.9. The Morgan fingerprint density at radius 3 is 2.94 bits per heavy atom. The van der Waals surface area contributed by atoms with Gasteiger partial charge in [0.2, 0.25) is 5.91 Å². The Kier molecular flexibility index (Phi) is 3.87. The number of carbonyl (C=O) groups is 1. The van der Waals surface area contributed by atoms with Gasteiger partial charge in [0.25, 0.3) is 0 Å². The number of rotatable bonds is 3. The van der Waals surface area contributed by atoms with Gasteiger partial charge in [0.15, 0.2) is 0 Å². The fourth-order valence-corrected chi connectivity index (χ4v) is 2.25. The lowest BCUT2D eigenvalue weighted by Gasteiger charge is -2.34. The minimum Gasteiger partial charge on any atom is -0.508 e. The molecule has 0 radical (unpaired) electrons. The number of hydrogen-bond acceptors (Lipinski definition) is 3. The van der Waals surface area contributed by atoms with E-state index >= 15 is 0 Å². The first-order valence-corrected chi connectivity index (χ1v) is 6.25. The molecule has 1 aliphatic heterocycles. The molecule has 1 atom stereocenters. The summed E-state index contributed by atoms with van der Waals surface area (Å²) in [7, 11) is 0. The Morgan fingerprint density at radius 2 is 2.28 bits per heavy atom. The predicted molar refractivity (Wildman–Crippen MR) is 68.4 cm³/mol. The molecule has 1 fully saturated rings. The summed E-state index contributed by atoms with van der Waals surface area (Å²) >= 11 is 0. The molecule has 0 saturated carbocycles. The molecular formula is C14H19NO3. The van der Waals surface area contributed by atoms with Gasteiger partial charge >= 0.3 is 0 Å². The monoisotopic (exact) mass is 249 g/mol. The molecule has 1 saturated heterocycles. The molecule has 1 aromatic rings. The minimum atomic E-state index is -0.278. The van der Waals surface area contributed by atoms with E-state index in [9.17, 15) is 9.90 Å². The van der Waals surface area contributed by atoms with Gasteiger partial charge < -0.3 is 15.2 Å². The third kappa shape index (κ3) is 3.23. The molecule has 4 heteroatoms. The highest BCUT2D eigenvalue weighted by atomic mass is 16.5. The first-order chi connectivity index (χ1) is 8.59. The topological polar surface area (TPSA) is 58.6 Å². The van der Waals surface area contributed by atoms with Crippen LogP contribution in [0.2, 0.25) is 0 Å². The highest BCUT2D eigenvalue weighted by molar-refractivity contribution is 5.80. The van der Waals surface area contributed by atoms with Crippen molar-refractivity contribution in [2.24, 2.45) is 0 Å². The van der Waals surface area contributed by atoms with Crippen molar-refractivity contribution < 1.29 is 14.6 Å². The smallest absolute Gasteiger partial charge is 0.225 e. The van der Waals surface area contributed by atoms with E-state index in [4.69, 9.17) is 4.74 Å². The van der Waals surface area contributed by atoms with E-state index in [2.05, 4.69) is 5.32 Å². The van der Waals surface area contributed by atoms with Gasteiger partial charge in [-0.15, -0.1) is 0 Å². The van der Waals surface area contributed by atoms with Gasteiger partial charge in [0.1, 0.15) is 5.75 Å². The van der Waals surface area contributed by atoms with E-state index in [1.807, 2.05) is 13.0 Å². The molecule has 0 aromatic heterocycles. The van der Waals surface area contributed by atoms with Crippen molar-refractivity contribution in [3.05, 3.63) is 29.8 Å². The summed E-state index contributed by atoms with van der Waals surface area (Å²) in [5, 5.41) is 12.6. The lowest BCUT2D eigenvalue weighted by atomic mass is 9.94. The Bertz CT molecular complexity index is 425. The third-order valence-electron chi connectivity index (χ3n) is 3.22. The molecule has 0 aliphatic carbocycles. The highest BCUT2D eigenvalue weighted by Crippen LogP contribution is 2.20. The summed E-state index contributed by atoms with van der Waals surface area (Å²) in [6.45, 7) is 3.32. The average molecular weight is 249 g/mol. The second kappa shape index (κ2) is 5.40. The molecule has 0 spiro atoms. The van der Waals surface area contributed by atoms with Crippen molar-refractivity contribution in [2.75, 3.05) is 13.2 Å². The van der Waals surface area contributed by atoms with Crippen LogP contribution in [0.1, 0.15) is 25.3 Å². The number of aromatic hydroxyl groups is 1. The summed E-state index contributed by atoms with van der Waals surface area (Å²) in [6, 6.07) is 6.91. The van der Waals surface area contributed by atoms with E-state index in [-0.39, 0.29) is 23.6 Å². The van der Waals surface area contributed by atoms with Crippen molar-refractivity contribution in [1.29, 1.82) is 0 Å². The Hall–Kier alpha value is -1.55. The molecule has 4 nitrogen and oxygen atoms in total. The number of nitrogens with one attached hydrogen (secondary N) is 1. The number of phenolic OH excluding ortho intramolecular Hbond substituents is 1. The molecular weight excluding hydrogens is 230 g/mol. The zero-order valence-corrected chi connectivity index (χ0v) is 10.6. The predicted octanol–water partition coefficient (Wildman–Crippen LogP) is 1.62. The van der Waals surface area contributed by atoms with E-state index in [0.29, 0.717) is 12.2 Å². The third-order valence-corrected chi connectivity index (χ3v) is 3.22. The Morgan fingerprint density at radius 1 is 1.50 bits per heavy atom. The van der Waals surface area contributed by atoms with Crippen LogP contribution in [0.4, 0.5) is 0 Å². The van der Waals surface area contributed by atoms with Crippen LogP contribution in [0.15, 0.2) is 24.3 Å². The van der Waals surface area contributed by atoms with Crippen LogP contribution >= 0.6 is 0 Å². The van der Waals surface area contributed by atoms with Crippen LogP contribution in [0.25, 0.3) is 0 Å². The molecule has 1 amide bonds. The Labute approximate surface area is 107 Å². The first-order valence-electron chi connectivity index (χ1n) is 6.25. The van der Waals surface area contributed by atoms with Gasteiger partial charge in [-0.2, -0.15) is 0 Å². The summed E-state index contributed by atoms with van der Waals surface area (Å²) in [5.74, 6) is 0.0854. The van der Waals surface area contributed by atoms with Gasteiger partial charge in [-0.1, -0.05) is 18.2 Å². The number of phenols is 1. The maximum absolute atomic E-state index is 12.0. The fourth-order valence-electron chi connectivity index (χ4n) is 2.25. The van der Waals surface area contributed by atoms with Gasteiger partial charge in [0.05, 0.1) is 18.6 Å². The number of para-hydroxylation sites is 1. The number of ether oxygens (including phenoxy) is 1. The van der Waals surface area contributed by atoms with Gasteiger partial charge in [-0.05, 0) is 25.8 Å². The van der Waals surface area contributed by atoms with Crippen LogP contribution in [0.5, 0.6) is 5.75 Å². The zero-order chi connectivity index (χ0) is 13.0. The second-order valence-electron chi connectivity index (χ2n) is 5.07. The van der Waals surface area contributed by atoms with Crippen molar-refractivity contribution >= 4 is 5.91 Å². The standard InChI is InChI=1S/C14H19NO3/c1-14(7-4-8-18-10-14)15-13(17)9-11-5-2-3-6-12(11)16/h2-3,5-6,16H,4,7-10H2,1H3,(H,15,17). The van der Waals surface area contributed by atoms with Crippen molar-refractivity contribution in [3.63, 3.8) is 0 Å². The van der Waals surface area contributed by atoms with E-state index < -0.39 is 0 Å². The van der Waals surface area contributed by atoms with Crippen molar-refractivity contribution in [1.82, 2.24) is 5.32 Å². The van der Waals surface area contributed by atoms with E-state index in [0.717, 1.165) is 19.4 Å². The maximum atomic E-state index is 12.0. The fraction of sp³-hybridized carbons (Fsp3) is 0.500. The average Bonchev–Trinajstić information content (AvgIpc) is 2.32. The Balaban J connectivity index is 1.94. The van der Waals surface area contributed by atoms with Crippen molar-refractivity contribution in [3.8, 4) is 5.75 Å². The molecule has 1 aromatic carbocycles. The molecule has 1 unspecified atom stereocenters. The lowest BCUT2D eigenvalue weighted by Crippen LogP contribution is -2.52. The molecule has 98 valence electrons. The van der Waals surface area contributed by atoms with Gasteiger partial charge in [0, 0.05) is 12.2 Å². The molecule has 1 heterocycles.